The molecule has 0 saturated carbocycles. The zero-order chi connectivity index (χ0) is 15.2. The molecular weight excluding hydrogens is 268 g/mol. The van der Waals surface area contributed by atoms with Gasteiger partial charge >= 0.3 is 0 Å². The van der Waals surface area contributed by atoms with Crippen LogP contribution in [0.25, 0.3) is 0 Å². The number of nitrogens with zero attached hydrogens (tertiary/aromatic N) is 1. The first-order valence-electron chi connectivity index (χ1n) is 7.39. The molecule has 1 aliphatic heterocycles. The number of ether oxygens (including phenoxy) is 2. The summed E-state index contributed by atoms with van der Waals surface area (Å²) >= 11 is 0. The van der Waals surface area contributed by atoms with E-state index in [-0.39, 0.29) is 12.0 Å². The standard InChI is InChI=1S/C16H24N2O3/c1-12-6-8-18(11-15(12)20-2)16(19)7-9-21-14-5-3-4-13(17)10-14/h3-5,10,12,15H,6-9,11,17H2,1-2H3. The van der Waals surface area contributed by atoms with Gasteiger partial charge in [0.05, 0.1) is 19.1 Å². The van der Waals surface area contributed by atoms with Gasteiger partial charge in [0.25, 0.3) is 0 Å². The highest BCUT2D eigenvalue weighted by molar-refractivity contribution is 5.76. The zero-order valence-corrected chi connectivity index (χ0v) is 12.7. The first-order chi connectivity index (χ1) is 10.1. The van der Waals surface area contributed by atoms with Gasteiger partial charge in [-0.2, -0.15) is 0 Å². The van der Waals surface area contributed by atoms with Gasteiger partial charge in [-0.25, -0.2) is 0 Å². The Morgan fingerprint density at radius 2 is 2.29 bits per heavy atom. The number of hydrogen-bond acceptors (Lipinski definition) is 4. The molecule has 0 bridgehead atoms. The third-order valence-electron chi connectivity index (χ3n) is 3.99. The van der Waals surface area contributed by atoms with E-state index < -0.39 is 0 Å². The number of methoxy groups -OCH3 is 1. The van der Waals surface area contributed by atoms with Gasteiger partial charge in [-0.15, -0.1) is 0 Å². The van der Waals surface area contributed by atoms with Gasteiger partial charge in [0, 0.05) is 32.0 Å². The topological polar surface area (TPSA) is 64.8 Å². The minimum Gasteiger partial charge on any atom is -0.493 e. The average Bonchev–Trinajstić information content (AvgIpc) is 2.47. The minimum absolute atomic E-state index is 0.118. The number of piperidine rings is 1. The third-order valence-corrected chi connectivity index (χ3v) is 3.99. The molecule has 1 heterocycles. The summed E-state index contributed by atoms with van der Waals surface area (Å²) in [6.45, 7) is 4.01. The lowest BCUT2D eigenvalue weighted by molar-refractivity contribution is -0.136. The number of nitrogens with two attached hydrogens (primary N) is 1. The number of carbonyl (C=O) groups is 1. The number of carbonyl (C=O) groups excluding carboxylic acids is 1. The number of rotatable bonds is 5. The van der Waals surface area contributed by atoms with E-state index in [0.29, 0.717) is 36.9 Å². The summed E-state index contributed by atoms with van der Waals surface area (Å²) in [5.41, 5.74) is 6.34. The summed E-state index contributed by atoms with van der Waals surface area (Å²) in [6.07, 6.45) is 1.50. The molecule has 1 fully saturated rings. The van der Waals surface area contributed by atoms with Crippen LogP contribution < -0.4 is 10.5 Å². The summed E-state index contributed by atoms with van der Waals surface area (Å²) in [6, 6.07) is 7.23. The maximum absolute atomic E-state index is 12.2. The smallest absolute Gasteiger partial charge is 0.226 e. The highest BCUT2D eigenvalue weighted by Gasteiger charge is 2.28. The molecule has 2 atom stereocenters. The van der Waals surface area contributed by atoms with Crippen LogP contribution >= 0.6 is 0 Å². The molecule has 2 N–H and O–H groups in total. The van der Waals surface area contributed by atoms with Gasteiger partial charge < -0.3 is 20.1 Å². The number of hydrogen-bond donors (Lipinski definition) is 1. The molecule has 1 aromatic carbocycles. The molecule has 0 aromatic heterocycles. The fourth-order valence-electron chi connectivity index (χ4n) is 2.59. The summed E-state index contributed by atoms with van der Waals surface area (Å²) in [7, 11) is 1.71. The van der Waals surface area contributed by atoms with Crippen LogP contribution in [0.5, 0.6) is 5.75 Å². The SMILES string of the molecule is COC1CN(C(=O)CCOc2cccc(N)c2)CCC1C. The molecule has 1 amide bonds. The lowest BCUT2D eigenvalue weighted by atomic mass is 9.95. The Morgan fingerprint density at radius 3 is 3.00 bits per heavy atom. The van der Waals surface area contributed by atoms with E-state index in [4.69, 9.17) is 15.2 Å². The number of anilines is 1. The summed E-state index contributed by atoms with van der Waals surface area (Å²) in [5, 5.41) is 0. The monoisotopic (exact) mass is 292 g/mol. The molecule has 1 saturated heterocycles. The fourth-order valence-corrected chi connectivity index (χ4v) is 2.59. The number of benzene rings is 1. The van der Waals surface area contributed by atoms with Crippen LogP contribution in [0.1, 0.15) is 19.8 Å². The van der Waals surface area contributed by atoms with Crippen molar-refractivity contribution in [2.24, 2.45) is 5.92 Å². The van der Waals surface area contributed by atoms with E-state index in [1.54, 1.807) is 19.2 Å². The van der Waals surface area contributed by atoms with E-state index in [1.807, 2.05) is 17.0 Å². The second-order valence-corrected chi connectivity index (χ2v) is 5.55. The van der Waals surface area contributed by atoms with Crippen LogP contribution in [0.2, 0.25) is 0 Å². The first-order valence-corrected chi connectivity index (χ1v) is 7.39. The molecular formula is C16H24N2O3. The molecule has 5 heteroatoms. The quantitative estimate of drug-likeness (QED) is 0.842. The Hall–Kier alpha value is -1.75. The Labute approximate surface area is 126 Å². The van der Waals surface area contributed by atoms with Gasteiger partial charge in [0.15, 0.2) is 0 Å². The van der Waals surface area contributed by atoms with Gasteiger partial charge in [0.2, 0.25) is 5.91 Å². The summed E-state index contributed by atoms with van der Waals surface area (Å²) in [4.78, 5) is 14.1. The van der Waals surface area contributed by atoms with Crippen molar-refractivity contribution in [3.05, 3.63) is 24.3 Å². The van der Waals surface area contributed by atoms with Crippen molar-refractivity contribution in [3.63, 3.8) is 0 Å². The van der Waals surface area contributed by atoms with Crippen LogP contribution in [-0.4, -0.2) is 43.7 Å². The van der Waals surface area contributed by atoms with Crippen LogP contribution in [0.15, 0.2) is 24.3 Å². The second kappa shape index (κ2) is 7.31. The van der Waals surface area contributed by atoms with E-state index in [0.717, 1.165) is 13.0 Å². The average molecular weight is 292 g/mol. The largest absolute Gasteiger partial charge is 0.493 e. The molecule has 0 aliphatic carbocycles. The number of nitrogen functional groups attached to an aromatic ring is 1. The van der Waals surface area contributed by atoms with E-state index in [1.165, 1.54) is 0 Å². The van der Waals surface area contributed by atoms with Gasteiger partial charge in [-0.05, 0) is 24.5 Å². The van der Waals surface area contributed by atoms with E-state index in [2.05, 4.69) is 6.92 Å². The molecule has 0 radical (unpaired) electrons. The maximum atomic E-state index is 12.2. The molecule has 1 aliphatic rings. The first kappa shape index (κ1) is 15.6. The van der Waals surface area contributed by atoms with Crippen LogP contribution in [0.4, 0.5) is 5.69 Å². The van der Waals surface area contributed by atoms with Gasteiger partial charge in [-0.1, -0.05) is 13.0 Å². The molecule has 2 rings (SSSR count). The highest BCUT2D eigenvalue weighted by Crippen LogP contribution is 2.20. The van der Waals surface area contributed by atoms with E-state index >= 15 is 0 Å². The molecule has 21 heavy (non-hydrogen) atoms. The molecule has 116 valence electrons. The normalized spacial score (nSPS) is 22.1. The number of amides is 1. The number of likely N-dealkylation sites (tertiary alicyclic amines) is 1. The lowest BCUT2D eigenvalue weighted by Gasteiger charge is -2.36. The van der Waals surface area contributed by atoms with Crippen molar-refractivity contribution in [1.29, 1.82) is 0 Å². The van der Waals surface area contributed by atoms with Crippen molar-refractivity contribution in [3.8, 4) is 5.75 Å². The Morgan fingerprint density at radius 1 is 1.48 bits per heavy atom. The van der Waals surface area contributed by atoms with Crippen LogP contribution in [0.3, 0.4) is 0 Å². The summed E-state index contributed by atoms with van der Waals surface area (Å²) in [5.74, 6) is 1.32. The Kier molecular flexibility index (Phi) is 5.44. The second-order valence-electron chi connectivity index (χ2n) is 5.55. The van der Waals surface area contributed by atoms with Crippen molar-refractivity contribution >= 4 is 11.6 Å². The maximum Gasteiger partial charge on any atom is 0.226 e. The highest BCUT2D eigenvalue weighted by atomic mass is 16.5. The predicted octanol–water partition coefficient (Wildman–Crippen LogP) is 1.92. The third kappa shape index (κ3) is 4.36. The Bertz CT molecular complexity index is 478. The minimum atomic E-state index is 0.118. The fraction of sp³-hybridized carbons (Fsp3) is 0.562. The van der Waals surface area contributed by atoms with Crippen LogP contribution in [0, 0.1) is 5.92 Å². The molecule has 1 aromatic rings. The van der Waals surface area contributed by atoms with Crippen molar-refractivity contribution in [1.82, 2.24) is 4.90 Å². The summed E-state index contributed by atoms with van der Waals surface area (Å²) < 4.78 is 11.0. The van der Waals surface area contributed by atoms with Crippen LogP contribution in [-0.2, 0) is 9.53 Å². The van der Waals surface area contributed by atoms with Crippen molar-refractivity contribution in [2.45, 2.75) is 25.9 Å². The Balaban J connectivity index is 1.77. The zero-order valence-electron chi connectivity index (χ0n) is 12.7. The van der Waals surface area contributed by atoms with Gasteiger partial charge in [0.1, 0.15) is 5.75 Å². The molecule has 5 nitrogen and oxygen atoms in total. The van der Waals surface area contributed by atoms with Gasteiger partial charge in [-0.3, -0.25) is 4.79 Å². The van der Waals surface area contributed by atoms with Crippen molar-refractivity contribution < 1.29 is 14.3 Å². The van der Waals surface area contributed by atoms with E-state index in [9.17, 15) is 4.79 Å². The lowest BCUT2D eigenvalue weighted by Crippen LogP contribution is -2.46. The predicted molar refractivity (Wildman–Crippen MR) is 82.1 cm³/mol. The molecule has 0 spiro atoms. The molecule has 2 unspecified atom stereocenters. The van der Waals surface area contributed by atoms with Crippen molar-refractivity contribution in [2.75, 3.05) is 32.5 Å².